The summed E-state index contributed by atoms with van der Waals surface area (Å²) < 4.78 is 13.3. The van der Waals surface area contributed by atoms with Crippen molar-refractivity contribution >= 4 is 15.9 Å². The van der Waals surface area contributed by atoms with Crippen LogP contribution in [0.4, 0.5) is 0 Å². The molecular weight excluding hydrogens is 424 g/mol. The molecule has 0 aliphatic heterocycles. The number of hydrogen-bond acceptors (Lipinski definition) is 6. The first-order valence-electron chi connectivity index (χ1n) is 8.57. The van der Waals surface area contributed by atoms with Gasteiger partial charge in [0.05, 0.1) is 12.3 Å². The van der Waals surface area contributed by atoms with Crippen LogP contribution in [0.25, 0.3) is 28.7 Å². The van der Waals surface area contributed by atoms with E-state index < -0.39 is 0 Å². The molecule has 0 saturated carbocycles. The summed E-state index contributed by atoms with van der Waals surface area (Å²) in [5.41, 5.74) is 1.30. The van der Waals surface area contributed by atoms with Crippen molar-refractivity contribution in [2.75, 3.05) is 6.61 Å². The molecule has 0 aliphatic rings. The van der Waals surface area contributed by atoms with E-state index in [1.165, 1.54) is 6.07 Å². The van der Waals surface area contributed by atoms with Gasteiger partial charge in [0.1, 0.15) is 5.75 Å². The van der Waals surface area contributed by atoms with E-state index in [2.05, 4.69) is 31.2 Å². The van der Waals surface area contributed by atoms with Crippen molar-refractivity contribution in [3.05, 3.63) is 75.5 Å². The molecule has 2 aromatic carbocycles. The summed E-state index contributed by atoms with van der Waals surface area (Å²) in [4.78, 5) is 16.7. The average molecular weight is 439 g/mol. The Balaban J connectivity index is 1.72. The SMILES string of the molecule is CCOc1cccc(-c2noc(-c3nn(-c4cccc(Br)c4)ccc3=O)n2)c1. The highest BCUT2D eigenvalue weighted by Gasteiger charge is 2.16. The minimum atomic E-state index is -0.301. The number of nitrogens with zero attached hydrogens (tertiary/aromatic N) is 4. The van der Waals surface area contributed by atoms with Gasteiger partial charge in [-0.15, -0.1) is 0 Å². The van der Waals surface area contributed by atoms with Crippen LogP contribution in [0.5, 0.6) is 5.75 Å². The molecule has 0 N–H and O–H groups in total. The Morgan fingerprint density at radius 2 is 2.00 bits per heavy atom. The molecule has 0 spiro atoms. The summed E-state index contributed by atoms with van der Waals surface area (Å²) in [6, 6.07) is 16.3. The van der Waals surface area contributed by atoms with Crippen molar-refractivity contribution in [3.8, 4) is 34.4 Å². The molecule has 140 valence electrons. The van der Waals surface area contributed by atoms with E-state index in [0.717, 1.165) is 15.7 Å². The molecular formula is C20H15BrN4O3. The third-order valence-electron chi connectivity index (χ3n) is 3.91. The summed E-state index contributed by atoms with van der Waals surface area (Å²) in [6.45, 7) is 2.47. The fourth-order valence-corrected chi connectivity index (χ4v) is 3.03. The second-order valence-electron chi connectivity index (χ2n) is 5.84. The molecule has 2 heterocycles. The standard InChI is InChI=1S/C20H15BrN4O3/c1-2-27-16-8-3-5-13(11-16)19-22-20(28-24-19)18-17(26)9-10-25(23-18)15-7-4-6-14(21)12-15/h3-12H,2H2,1H3. The summed E-state index contributed by atoms with van der Waals surface area (Å²) in [5.74, 6) is 1.13. The van der Waals surface area contributed by atoms with Crippen molar-refractivity contribution in [2.24, 2.45) is 0 Å². The highest BCUT2D eigenvalue weighted by molar-refractivity contribution is 9.10. The van der Waals surface area contributed by atoms with Crippen LogP contribution >= 0.6 is 15.9 Å². The van der Waals surface area contributed by atoms with E-state index in [1.54, 1.807) is 10.9 Å². The molecule has 4 aromatic rings. The number of hydrogen-bond donors (Lipinski definition) is 0. The maximum atomic E-state index is 12.3. The molecule has 0 bridgehead atoms. The zero-order chi connectivity index (χ0) is 19.5. The van der Waals surface area contributed by atoms with E-state index in [0.29, 0.717) is 18.2 Å². The predicted molar refractivity (Wildman–Crippen MR) is 107 cm³/mol. The first-order chi connectivity index (χ1) is 13.6. The average Bonchev–Trinajstić information content (AvgIpc) is 3.19. The van der Waals surface area contributed by atoms with Crippen LogP contribution < -0.4 is 10.2 Å². The fourth-order valence-electron chi connectivity index (χ4n) is 2.65. The Morgan fingerprint density at radius 1 is 1.14 bits per heavy atom. The Morgan fingerprint density at radius 3 is 2.82 bits per heavy atom. The lowest BCUT2D eigenvalue weighted by Crippen LogP contribution is -2.12. The second kappa shape index (κ2) is 7.77. The van der Waals surface area contributed by atoms with E-state index in [1.807, 2.05) is 55.5 Å². The first-order valence-corrected chi connectivity index (χ1v) is 9.36. The second-order valence-corrected chi connectivity index (χ2v) is 6.75. The van der Waals surface area contributed by atoms with Crippen LogP contribution in [0.3, 0.4) is 0 Å². The van der Waals surface area contributed by atoms with Gasteiger partial charge in [-0.1, -0.05) is 39.3 Å². The Bertz CT molecular complexity index is 1190. The molecule has 0 saturated heterocycles. The molecule has 7 nitrogen and oxygen atoms in total. The summed E-state index contributed by atoms with van der Waals surface area (Å²) in [5, 5.41) is 8.35. The van der Waals surface area contributed by atoms with Gasteiger partial charge < -0.3 is 9.26 Å². The van der Waals surface area contributed by atoms with Crippen molar-refractivity contribution in [3.63, 3.8) is 0 Å². The summed E-state index contributed by atoms with van der Waals surface area (Å²) in [7, 11) is 0. The van der Waals surface area contributed by atoms with Crippen molar-refractivity contribution in [2.45, 2.75) is 6.92 Å². The molecule has 2 aromatic heterocycles. The molecule has 4 rings (SSSR count). The molecule has 0 radical (unpaired) electrons. The van der Waals surface area contributed by atoms with Crippen LogP contribution in [0.15, 0.2) is 74.6 Å². The third-order valence-corrected chi connectivity index (χ3v) is 4.41. The molecule has 8 heteroatoms. The number of aromatic nitrogens is 4. The van der Waals surface area contributed by atoms with Crippen molar-refractivity contribution in [1.29, 1.82) is 0 Å². The number of benzene rings is 2. The largest absolute Gasteiger partial charge is 0.494 e. The Hall–Kier alpha value is -3.26. The van der Waals surface area contributed by atoms with Gasteiger partial charge in [-0.05, 0) is 37.3 Å². The maximum absolute atomic E-state index is 12.3. The maximum Gasteiger partial charge on any atom is 0.282 e. The lowest BCUT2D eigenvalue weighted by molar-refractivity contribution is 0.340. The van der Waals surface area contributed by atoms with Gasteiger partial charge in [-0.2, -0.15) is 10.1 Å². The molecule has 0 fully saturated rings. The Kier molecular flexibility index (Phi) is 5.03. The van der Waals surface area contributed by atoms with Crippen LogP contribution in [-0.2, 0) is 0 Å². The van der Waals surface area contributed by atoms with E-state index >= 15 is 0 Å². The molecule has 0 amide bonds. The third kappa shape index (κ3) is 3.72. The number of rotatable bonds is 5. The monoisotopic (exact) mass is 438 g/mol. The molecule has 0 unspecified atom stereocenters. The van der Waals surface area contributed by atoms with Gasteiger partial charge in [-0.3, -0.25) is 4.79 Å². The zero-order valence-corrected chi connectivity index (χ0v) is 16.5. The minimum absolute atomic E-state index is 0.0613. The lowest BCUT2D eigenvalue weighted by Gasteiger charge is -2.06. The highest BCUT2D eigenvalue weighted by atomic mass is 79.9. The smallest absolute Gasteiger partial charge is 0.282 e. The summed E-state index contributed by atoms with van der Waals surface area (Å²) in [6.07, 6.45) is 1.59. The zero-order valence-electron chi connectivity index (χ0n) is 14.9. The van der Waals surface area contributed by atoms with Gasteiger partial charge in [0, 0.05) is 22.3 Å². The molecule has 0 atom stereocenters. The first kappa shape index (κ1) is 18.1. The van der Waals surface area contributed by atoms with Gasteiger partial charge in [0.25, 0.3) is 5.89 Å². The highest BCUT2D eigenvalue weighted by Crippen LogP contribution is 2.23. The predicted octanol–water partition coefficient (Wildman–Crippen LogP) is 4.11. The van der Waals surface area contributed by atoms with Gasteiger partial charge >= 0.3 is 0 Å². The lowest BCUT2D eigenvalue weighted by atomic mass is 10.2. The van der Waals surface area contributed by atoms with E-state index in [-0.39, 0.29) is 17.0 Å². The van der Waals surface area contributed by atoms with Gasteiger partial charge in [-0.25, -0.2) is 4.68 Å². The fraction of sp³-hybridized carbons (Fsp3) is 0.100. The van der Waals surface area contributed by atoms with Crippen LogP contribution in [0.2, 0.25) is 0 Å². The normalized spacial score (nSPS) is 10.8. The van der Waals surface area contributed by atoms with Crippen molar-refractivity contribution in [1.82, 2.24) is 19.9 Å². The summed E-state index contributed by atoms with van der Waals surface area (Å²) >= 11 is 3.43. The number of halogens is 1. The Labute approximate surface area is 168 Å². The minimum Gasteiger partial charge on any atom is -0.494 e. The van der Waals surface area contributed by atoms with Gasteiger partial charge in [0.2, 0.25) is 11.3 Å². The van der Waals surface area contributed by atoms with Crippen LogP contribution in [0, 0.1) is 0 Å². The quantitative estimate of drug-likeness (QED) is 0.466. The van der Waals surface area contributed by atoms with Gasteiger partial charge in [0.15, 0.2) is 5.69 Å². The van der Waals surface area contributed by atoms with E-state index in [9.17, 15) is 4.79 Å². The van der Waals surface area contributed by atoms with E-state index in [4.69, 9.17) is 9.26 Å². The van der Waals surface area contributed by atoms with Crippen LogP contribution in [0.1, 0.15) is 6.92 Å². The van der Waals surface area contributed by atoms with Crippen molar-refractivity contribution < 1.29 is 9.26 Å². The topological polar surface area (TPSA) is 83.0 Å². The number of ether oxygens (including phenoxy) is 1. The molecule has 0 aliphatic carbocycles. The molecule has 28 heavy (non-hydrogen) atoms. The van der Waals surface area contributed by atoms with Crippen LogP contribution in [-0.4, -0.2) is 26.5 Å².